The summed E-state index contributed by atoms with van der Waals surface area (Å²) in [5.41, 5.74) is 0.659. The van der Waals surface area contributed by atoms with Gasteiger partial charge in [0.25, 0.3) is 0 Å². The van der Waals surface area contributed by atoms with Crippen LogP contribution in [0.15, 0.2) is 24.3 Å². The molecule has 3 rings (SSSR count). The molecule has 1 heterocycles. The average Bonchev–Trinajstić information content (AvgIpc) is 3.06. The van der Waals surface area contributed by atoms with Crippen LogP contribution in [0.5, 0.6) is 0 Å². The molecule has 1 saturated carbocycles. The molecule has 4 nitrogen and oxygen atoms in total. The summed E-state index contributed by atoms with van der Waals surface area (Å²) in [4.78, 5) is 26.1. The van der Waals surface area contributed by atoms with Crippen LogP contribution in [-0.2, 0) is 15.0 Å². The minimum absolute atomic E-state index is 0.196. The Morgan fingerprint density at radius 3 is 2.25 bits per heavy atom. The van der Waals surface area contributed by atoms with Crippen molar-refractivity contribution < 1.29 is 14.7 Å². The third-order valence-corrected chi connectivity index (χ3v) is 5.88. The predicted molar refractivity (Wildman–Crippen MR) is 93.2 cm³/mol. The SMILES string of the molecule is O=C(O)CC1CCN(C(=O)C2(c3ccc(Cl)cc3)CCCC2)CC1. The van der Waals surface area contributed by atoms with E-state index >= 15 is 0 Å². The summed E-state index contributed by atoms with van der Waals surface area (Å²) >= 11 is 6.01. The second-order valence-electron chi connectivity index (χ2n) is 7.13. The van der Waals surface area contributed by atoms with Crippen LogP contribution in [0, 0.1) is 5.92 Å². The van der Waals surface area contributed by atoms with Gasteiger partial charge < -0.3 is 10.0 Å². The maximum atomic E-state index is 13.3. The molecule has 0 atom stereocenters. The van der Waals surface area contributed by atoms with Gasteiger partial charge in [-0.15, -0.1) is 0 Å². The topological polar surface area (TPSA) is 57.6 Å². The minimum Gasteiger partial charge on any atom is -0.481 e. The van der Waals surface area contributed by atoms with E-state index in [9.17, 15) is 9.59 Å². The number of amides is 1. The first kappa shape index (κ1) is 17.3. The Kier molecular flexibility index (Phi) is 5.14. The van der Waals surface area contributed by atoms with E-state index in [1.807, 2.05) is 29.2 Å². The molecule has 1 N–H and O–H groups in total. The molecule has 0 spiro atoms. The molecule has 0 radical (unpaired) electrons. The lowest BCUT2D eigenvalue weighted by atomic mass is 9.77. The number of benzene rings is 1. The number of piperidine rings is 1. The number of carboxylic acid groups (broad SMARTS) is 1. The summed E-state index contributed by atoms with van der Waals surface area (Å²) in [5.74, 6) is -0.328. The van der Waals surface area contributed by atoms with E-state index in [0.29, 0.717) is 18.1 Å². The Hall–Kier alpha value is -1.55. The zero-order chi connectivity index (χ0) is 17.2. The Balaban J connectivity index is 1.74. The maximum absolute atomic E-state index is 13.3. The largest absolute Gasteiger partial charge is 0.481 e. The van der Waals surface area contributed by atoms with E-state index < -0.39 is 11.4 Å². The van der Waals surface area contributed by atoms with Gasteiger partial charge >= 0.3 is 5.97 Å². The zero-order valence-corrected chi connectivity index (χ0v) is 14.6. The fourth-order valence-corrected chi connectivity index (χ4v) is 4.39. The van der Waals surface area contributed by atoms with Crippen LogP contribution in [0.2, 0.25) is 5.02 Å². The number of carboxylic acids is 1. The lowest BCUT2D eigenvalue weighted by Crippen LogP contribution is -2.48. The highest BCUT2D eigenvalue weighted by molar-refractivity contribution is 6.30. The molecule has 0 unspecified atom stereocenters. The fraction of sp³-hybridized carbons (Fsp3) is 0.579. The van der Waals surface area contributed by atoms with E-state index in [-0.39, 0.29) is 18.2 Å². The van der Waals surface area contributed by atoms with Crippen LogP contribution in [0.4, 0.5) is 0 Å². The second-order valence-corrected chi connectivity index (χ2v) is 7.57. The van der Waals surface area contributed by atoms with Crippen molar-refractivity contribution in [2.75, 3.05) is 13.1 Å². The van der Waals surface area contributed by atoms with Gasteiger partial charge in [0.1, 0.15) is 0 Å². The van der Waals surface area contributed by atoms with Gasteiger partial charge in [0.2, 0.25) is 5.91 Å². The van der Waals surface area contributed by atoms with Gasteiger partial charge in [-0.05, 0) is 49.3 Å². The van der Waals surface area contributed by atoms with Gasteiger partial charge in [-0.2, -0.15) is 0 Å². The number of nitrogens with zero attached hydrogens (tertiary/aromatic N) is 1. The van der Waals surface area contributed by atoms with Crippen LogP contribution in [0.25, 0.3) is 0 Å². The van der Waals surface area contributed by atoms with Crippen LogP contribution in [0.3, 0.4) is 0 Å². The zero-order valence-electron chi connectivity index (χ0n) is 13.8. The lowest BCUT2D eigenvalue weighted by molar-refractivity contribution is -0.140. The number of aliphatic carboxylic acids is 1. The number of carbonyl (C=O) groups excluding carboxylic acids is 1. The van der Waals surface area contributed by atoms with E-state index in [0.717, 1.165) is 44.1 Å². The summed E-state index contributed by atoms with van der Waals surface area (Å²) in [7, 11) is 0. The van der Waals surface area contributed by atoms with Crippen LogP contribution >= 0.6 is 11.6 Å². The van der Waals surface area contributed by atoms with Gasteiger partial charge in [0.15, 0.2) is 0 Å². The van der Waals surface area contributed by atoms with Crippen molar-refractivity contribution >= 4 is 23.5 Å². The van der Waals surface area contributed by atoms with E-state index in [1.54, 1.807) is 0 Å². The molecule has 0 aromatic heterocycles. The van der Waals surface area contributed by atoms with Crippen molar-refractivity contribution in [1.82, 2.24) is 4.90 Å². The number of hydrogen-bond donors (Lipinski definition) is 1. The summed E-state index contributed by atoms with van der Waals surface area (Å²) in [5, 5.41) is 9.62. The molecule has 24 heavy (non-hydrogen) atoms. The standard InChI is InChI=1S/C19H24ClNO3/c20-16-5-3-15(4-6-16)19(9-1-2-10-19)18(24)21-11-7-14(8-12-21)13-17(22)23/h3-6,14H,1-2,7-13H2,(H,22,23). The van der Waals surface area contributed by atoms with Crippen molar-refractivity contribution in [2.45, 2.75) is 50.4 Å². The van der Waals surface area contributed by atoms with Crippen molar-refractivity contribution in [2.24, 2.45) is 5.92 Å². The number of likely N-dealkylation sites (tertiary alicyclic amines) is 1. The van der Waals surface area contributed by atoms with Gasteiger partial charge in [0.05, 0.1) is 5.41 Å². The molecule has 1 aliphatic carbocycles. The molecule has 1 amide bonds. The molecule has 1 aromatic carbocycles. The third-order valence-electron chi connectivity index (χ3n) is 5.63. The van der Waals surface area contributed by atoms with Gasteiger partial charge in [-0.3, -0.25) is 9.59 Å². The maximum Gasteiger partial charge on any atom is 0.303 e. The van der Waals surface area contributed by atoms with E-state index in [1.165, 1.54) is 0 Å². The summed E-state index contributed by atoms with van der Waals surface area (Å²) in [6.07, 6.45) is 5.71. The number of carbonyl (C=O) groups is 2. The molecule has 1 saturated heterocycles. The average molecular weight is 350 g/mol. The number of rotatable bonds is 4. The smallest absolute Gasteiger partial charge is 0.303 e. The summed E-state index contributed by atoms with van der Waals surface area (Å²) < 4.78 is 0. The fourth-order valence-electron chi connectivity index (χ4n) is 4.26. The Morgan fingerprint density at radius 1 is 1.12 bits per heavy atom. The molecule has 1 aliphatic heterocycles. The molecule has 0 bridgehead atoms. The number of halogens is 1. The van der Waals surface area contributed by atoms with Crippen molar-refractivity contribution in [3.8, 4) is 0 Å². The monoisotopic (exact) mass is 349 g/mol. The van der Waals surface area contributed by atoms with Crippen LogP contribution < -0.4 is 0 Å². The Bertz CT molecular complexity index is 600. The second kappa shape index (κ2) is 7.14. The predicted octanol–water partition coefficient (Wildman–Crippen LogP) is 3.87. The Labute approximate surface area is 147 Å². The molecule has 1 aromatic rings. The molecule has 5 heteroatoms. The Morgan fingerprint density at radius 2 is 1.71 bits per heavy atom. The van der Waals surface area contributed by atoms with Crippen LogP contribution in [0.1, 0.15) is 50.5 Å². The van der Waals surface area contributed by atoms with Crippen molar-refractivity contribution in [3.05, 3.63) is 34.9 Å². The van der Waals surface area contributed by atoms with Gasteiger partial charge in [0, 0.05) is 24.5 Å². The molecular formula is C19H24ClNO3. The van der Waals surface area contributed by atoms with Gasteiger partial charge in [-0.1, -0.05) is 36.6 Å². The first-order chi connectivity index (χ1) is 11.5. The van der Waals surface area contributed by atoms with E-state index in [2.05, 4.69) is 0 Å². The summed E-state index contributed by atoms with van der Waals surface area (Å²) in [6.45, 7) is 1.35. The molecular weight excluding hydrogens is 326 g/mol. The van der Waals surface area contributed by atoms with Crippen LogP contribution in [-0.4, -0.2) is 35.0 Å². The number of hydrogen-bond acceptors (Lipinski definition) is 2. The third kappa shape index (κ3) is 3.44. The molecule has 130 valence electrons. The van der Waals surface area contributed by atoms with Crippen molar-refractivity contribution in [3.63, 3.8) is 0 Å². The highest BCUT2D eigenvalue weighted by Crippen LogP contribution is 2.43. The molecule has 2 aliphatic rings. The quantitative estimate of drug-likeness (QED) is 0.897. The normalized spacial score (nSPS) is 21.0. The first-order valence-corrected chi connectivity index (χ1v) is 9.16. The summed E-state index contributed by atoms with van der Waals surface area (Å²) in [6, 6.07) is 7.71. The molecule has 2 fully saturated rings. The van der Waals surface area contributed by atoms with Gasteiger partial charge in [-0.25, -0.2) is 0 Å². The van der Waals surface area contributed by atoms with E-state index in [4.69, 9.17) is 16.7 Å². The lowest BCUT2D eigenvalue weighted by Gasteiger charge is -2.38. The minimum atomic E-state index is -0.742. The first-order valence-electron chi connectivity index (χ1n) is 8.78. The highest BCUT2D eigenvalue weighted by Gasteiger charge is 2.45. The highest BCUT2D eigenvalue weighted by atomic mass is 35.5. The van der Waals surface area contributed by atoms with Crippen molar-refractivity contribution in [1.29, 1.82) is 0 Å².